The van der Waals surface area contributed by atoms with Crippen molar-refractivity contribution in [1.82, 2.24) is 20.0 Å². The molecular formula is C20H36N4O2. The van der Waals surface area contributed by atoms with Gasteiger partial charge in [0.2, 0.25) is 0 Å². The van der Waals surface area contributed by atoms with Crippen molar-refractivity contribution in [3.63, 3.8) is 0 Å². The number of hydrogen-bond acceptors (Lipinski definition) is 4. The molecular weight excluding hydrogens is 328 g/mol. The summed E-state index contributed by atoms with van der Waals surface area (Å²) in [4.78, 5) is 13.2. The molecule has 1 aromatic heterocycles. The minimum absolute atomic E-state index is 0.158. The van der Waals surface area contributed by atoms with Gasteiger partial charge in [0, 0.05) is 37.9 Å². The number of rotatable bonds is 6. The van der Waals surface area contributed by atoms with Crippen molar-refractivity contribution in [3.8, 4) is 0 Å². The number of piperidine rings is 1. The van der Waals surface area contributed by atoms with Crippen LogP contribution in [0.25, 0.3) is 0 Å². The van der Waals surface area contributed by atoms with Gasteiger partial charge in [-0.05, 0) is 58.2 Å². The van der Waals surface area contributed by atoms with Crippen LogP contribution in [0.5, 0.6) is 0 Å². The molecule has 0 unspecified atom stereocenters. The zero-order chi connectivity index (χ0) is 18.8. The van der Waals surface area contributed by atoms with Crippen LogP contribution in [0.4, 0.5) is 4.79 Å². The summed E-state index contributed by atoms with van der Waals surface area (Å²) in [5, 5.41) is 7.55. The van der Waals surface area contributed by atoms with Crippen LogP contribution in [0.2, 0.25) is 0 Å². The lowest BCUT2D eigenvalue weighted by Crippen LogP contribution is -2.33. The highest BCUT2D eigenvalue weighted by Gasteiger charge is 2.20. The number of aryl methyl sites for hydroxylation is 1. The fourth-order valence-corrected chi connectivity index (χ4v) is 3.62. The number of carbonyl (C=O) groups excluding carboxylic acids is 1. The molecule has 1 saturated heterocycles. The van der Waals surface area contributed by atoms with E-state index in [0.717, 1.165) is 44.4 Å². The fraction of sp³-hybridized carbons (Fsp3) is 0.800. The molecule has 1 aromatic rings. The van der Waals surface area contributed by atoms with Crippen LogP contribution in [0, 0.1) is 5.92 Å². The zero-order valence-corrected chi connectivity index (χ0v) is 16.7. The first-order valence-electron chi connectivity index (χ1n) is 10.3. The average Bonchev–Trinajstić information content (AvgIpc) is 3.05. The van der Waals surface area contributed by atoms with E-state index < -0.39 is 0 Å². The van der Waals surface area contributed by atoms with Crippen LogP contribution in [0.1, 0.15) is 64.0 Å². The van der Waals surface area contributed by atoms with Crippen molar-refractivity contribution in [2.24, 2.45) is 13.0 Å². The van der Waals surface area contributed by atoms with Gasteiger partial charge in [-0.25, -0.2) is 4.79 Å². The summed E-state index contributed by atoms with van der Waals surface area (Å²) in [7, 11) is 2.03. The minimum atomic E-state index is -0.158. The second kappa shape index (κ2) is 11.2. The Kier molecular flexibility index (Phi) is 8.95. The molecule has 2 heterocycles. The van der Waals surface area contributed by atoms with Gasteiger partial charge in [-0.3, -0.25) is 4.68 Å². The summed E-state index contributed by atoms with van der Waals surface area (Å²) in [6.45, 7) is 8.23. The lowest BCUT2D eigenvalue weighted by Gasteiger charge is -2.28. The smallest absolute Gasteiger partial charge is 0.409 e. The van der Waals surface area contributed by atoms with Crippen molar-refractivity contribution in [3.05, 3.63) is 18.0 Å². The summed E-state index contributed by atoms with van der Waals surface area (Å²) >= 11 is 0. The largest absolute Gasteiger partial charge is 0.450 e. The number of carbonyl (C=O) groups is 1. The Bertz CT molecular complexity index is 522. The van der Waals surface area contributed by atoms with Crippen molar-refractivity contribution < 1.29 is 9.53 Å². The van der Waals surface area contributed by atoms with E-state index in [2.05, 4.69) is 16.5 Å². The normalized spacial score (nSPS) is 17.8. The molecule has 6 heteroatoms. The Morgan fingerprint density at radius 2 is 2.04 bits per heavy atom. The molecule has 6 nitrogen and oxygen atoms in total. The van der Waals surface area contributed by atoms with Crippen LogP contribution in [0.15, 0.2) is 12.3 Å². The van der Waals surface area contributed by atoms with Crippen molar-refractivity contribution >= 4 is 6.09 Å². The van der Waals surface area contributed by atoms with Crippen molar-refractivity contribution in [2.45, 2.75) is 58.3 Å². The standard InChI is InChI=1S/C11H21NO2.C9H15N3/c1-3-12(11(13)14-4-2)9-8-10-6-5-7-10;1-12-9(4-7-11-12)8-2-5-10-6-3-8/h10H,3-9H2,1-2H3;4,7-8,10H,2-3,5-6H2,1H3. The van der Waals surface area contributed by atoms with Crippen LogP contribution in [0.3, 0.4) is 0 Å². The minimum Gasteiger partial charge on any atom is -0.450 e. The maximum atomic E-state index is 11.4. The van der Waals surface area contributed by atoms with E-state index in [9.17, 15) is 4.79 Å². The summed E-state index contributed by atoms with van der Waals surface area (Å²) in [5.41, 5.74) is 1.39. The molecule has 1 N–H and O–H groups in total. The lowest BCUT2D eigenvalue weighted by molar-refractivity contribution is 0.104. The van der Waals surface area contributed by atoms with E-state index in [-0.39, 0.29) is 6.09 Å². The maximum absolute atomic E-state index is 11.4. The number of amides is 1. The van der Waals surface area contributed by atoms with E-state index in [1.165, 1.54) is 37.8 Å². The van der Waals surface area contributed by atoms with Gasteiger partial charge in [-0.15, -0.1) is 0 Å². The number of nitrogens with zero attached hydrogens (tertiary/aromatic N) is 3. The molecule has 1 amide bonds. The SMILES string of the molecule is CCOC(=O)N(CC)CCC1CCC1.Cn1nccc1C1CCNCC1. The molecule has 0 aromatic carbocycles. The molecule has 1 aliphatic carbocycles. The summed E-state index contributed by atoms with van der Waals surface area (Å²) in [6.07, 6.45) is 9.44. The predicted octanol–water partition coefficient (Wildman–Crippen LogP) is 3.54. The van der Waals surface area contributed by atoms with Crippen molar-refractivity contribution in [1.29, 1.82) is 0 Å². The van der Waals surface area contributed by atoms with E-state index in [0.29, 0.717) is 6.61 Å². The van der Waals surface area contributed by atoms with Gasteiger partial charge in [0.25, 0.3) is 0 Å². The molecule has 148 valence electrons. The molecule has 0 atom stereocenters. The molecule has 26 heavy (non-hydrogen) atoms. The van der Waals surface area contributed by atoms with Crippen LogP contribution < -0.4 is 5.32 Å². The molecule has 2 fully saturated rings. The third-order valence-electron chi connectivity index (χ3n) is 5.56. The lowest BCUT2D eigenvalue weighted by atomic mass is 9.83. The van der Waals surface area contributed by atoms with E-state index in [1.54, 1.807) is 4.90 Å². The van der Waals surface area contributed by atoms with Gasteiger partial charge in [0.15, 0.2) is 0 Å². The molecule has 2 aliphatic rings. The highest BCUT2D eigenvalue weighted by Crippen LogP contribution is 2.29. The molecule has 1 aliphatic heterocycles. The molecule has 3 rings (SSSR count). The topological polar surface area (TPSA) is 59.4 Å². The predicted molar refractivity (Wildman–Crippen MR) is 104 cm³/mol. The van der Waals surface area contributed by atoms with E-state index in [1.807, 2.05) is 31.8 Å². The summed E-state index contributed by atoms with van der Waals surface area (Å²) < 4.78 is 6.96. The highest BCUT2D eigenvalue weighted by atomic mass is 16.6. The second-order valence-corrected chi connectivity index (χ2v) is 7.27. The van der Waals surface area contributed by atoms with Crippen LogP contribution in [-0.4, -0.2) is 53.6 Å². The van der Waals surface area contributed by atoms with Gasteiger partial charge in [0.1, 0.15) is 0 Å². The van der Waals surface area contributed by atoms with Crippen LogP contribution >= 0.6 is 0 Å². The third kappa shape index (κ3) is 6.31. The first kappa shape index (κ1) is 20.7. The van der Waals surface area contributed by atoms with Gasteiger partial charge in [0.05, 0.1) is 6.61 Å². The summed E-state index contributed by atoms with van der Waals surface area (Å²) in [5.74, 6) is 1.58. The average molecular weight is 365 g/mol. The first-order chi connectivity index (χ1) is 12.7. The monoisotopic (exact) mass is 364 g/mol. The molecule has 0 spiro atoms. The Balaban J connectivity index is 0.000000189. The van der Waals surface area contributed by atoms with Crippen molar-refractivity contribution in [2.75, 3.05) is 32.8 Å². The fourth-order valence-electron chi connectivity index (χ4n) is 3.62. The quantitative estimate of drug-likeness (QED) is 0.839. The van der Waals surface area contributed by atoms with Gasteiger partial charge in [-0.2, -0.15) is 5.10 Å². The third-order valence-corrected chi connectivity index (χ3v) is 5.56. The number of nitrogens with one attached hydrogen (secondary N) is 1. The second-order valence-electron chi connectivity index (χ2n) is 7.27. The molecule has 1 saturated carbocycles. The molecule has 0 bridgehead atoms. The summed E-state index contributed by atoms with van der Waals surface area (Å²) in [6, 6.07) is 2.13. The Labute approximate surface area is 158 Å². The Morgan fingerprint density at radius 1 is 1.31 bits per heavy atom. The highest BCUT2D eigenvalue weighted by molar-refractivity contribution is 5.67. The zero-order valence-electron chi connectivity index (χ0n) is 16.7. The maximum Gasteiger partial charge on any atom is 0.409 e. The van der Waals surface area contributed by atoms with E-state index in [4.69, 9.17) is 4.74 Å². The van der Waals surface area contributed by atoms with E-state index >= 15 is 0 Å². The number of aromatic nitrogens is 2. The number of hydrogen-bond donors (Lipinski definition) is 1. The molecule has 0 radical (unpaired) electrons. The Hall–Kier alpha value is -1.56. The van der Waals surface area contributed by atoms with Crippen LogP contribution in [-0.2, 0) is 11.8 Å². The number of ether oxygens (including phenoxy) is 1. The van der Waals surface area contributed by atoms with Gasteiger partial charge >= 0.3 is 6.09 Å². The first-order valence-corrected chi connectivity index (χ1v) is 10.3. The van der Waals surface area contributed by atoms with Gasteiger partial charge in [-0.1, -0.05) is 19.3 Å². The van der Waals surface area contributed by atoms with Gasteiger partial charge < -0.3 is 15.0 Å². The Morgan fingerprint density at radius 3 is 2.54 bits per heavy atom.